The second kappa shape index (κ2) is 9.89. The van der Waals surface area contributed by atoms with E-state index >= 15 is 0 Å². The fourth-order valence-corrected chi connectivity index (χ4v) is 5.24. The molecule has 11 nitrogen and oxygen atoms in total. The molecular formula is C21H30N6O5S. The standard InChI is InChI=1S/C21H30N6O5S/c1-5-6-16-18(19(20(22)28)26(3)24-16)23-21(29)15-13-14(7-8-17(15)32-4)33(30,31)27-11-9-25(2)10-12-27/h7-8,13H,5-6,9-12H2,1-4H3,(H2,22,28)(H,23,29). The second-order valence-corrected chi connectivity index (χ2v) is 9.87. The monoisotopic (exact) mass is 478 g/mol. The molecule has 0 atom stereocenters. The Kier molecular flexibility index (Phi) is 7.40. The Morgan fingerprint density at radius 2 is 1.85 bits per heavy atom. The number of anilines is 1. The van der Waals surface area contributed by atoms with Crippen LogP contribution in [0.1, 0.15) is 39.9 Å². The number of sulfonamides is 1. The van der Waals surface area contributed by atoms with Crippen LogP contribution in [-0.4, -0.2) is 79.6 Å². The predicted octanol–water partition coefficient (Wildman–Crippen LogP) is 0.669. The van der Waals surface area contributed by atoms with Crippen molar-refractivity contribution in [2.45, 2.75) is 24.7 Å². The Bertz CT molecular complexity index is 1150. The number of piperazine rings is 1. The maximum absolute atomic E-state index is 13.2. The average molecular weight is 479 g/mol. The van der Waals surface area contributed by atoms with Gasteiger partial charge in [-0.15, -0.1) is 0 Å². The molecule has 12 heteroatoms. The van der Waals surface area contributed by atoms with Crippen LogP contribution in [0.4, 0.5) is 5.69 Å². The molecule has 2 heterocycles. The lowest BCUT2D eigenvalue weighted by atomic mass is 10.1. The van der Waals surface area contributed by atoms with Gasteiger partial charge in [0.05, 0.1) is 29.0 Å². The SMILES string of the molecule is CCCc1nn(C)c(C(N)=O)c1NC(=O)c1cc(S(=O)(=O)N2CCN(C)CC2)ccc1OC. The largest absolute Gasteiger partial charge is 0.496 e. The van der Waals surface area contributed by atoms with E-state index in [0.717, 1.165) is 6.42 Å². The third-order valence-electron chi connectivity index (χ3n) is 5.59. The van der Waals surface area contributed by atoms with Crippen LogP contribution in [0.2, 0.25) is 0 Å². The molecule has 3 rings (SSSR count). The maximum Gasteiger partial charge on any atom is 0.269 e. The molecule has 1 aliphatic heterocycles. The fraction of sp³-hybridized carbons (Fsp3) is 0.476. The summed E-state index contributed by atoms with van der Waals surface area (Å²) in [5.41, 5.74) is 6.32. The van der Waals surface area contributed by atoms with E-state index in [1.54, 1.807) is 7.05 Å². The summed E-state index contributed by atoms with van der Waals surface area (Å²) in [7, 11) is 1.10. The molecule has 180 valence electrons. The Morgan fingerprint density at radius 1 is 1.18 bits per heavy atom. The van der Waals surface area contributed by atoms with Gasteiger partial charge in [0.15, 0.2) is 0 Å². The van der Waals surface area contributed by atoms with Gasteiger partial charge in [0.25, 0.3) is 11.8 Å². The highest BCUT2D eigenvalue weighted by Crippen LogP contribution is 2.28. The van der Waals surface area contributed by atoms with Crippen molar-refractivity contribution in [1.82, 2.24) is 19.0 Å². The average Bonchev–Trinajstić information content (AvgIpc) is 3.08. The van der Waals surface area contributed by atoms with Gasteiger partial charge in [-0.1, -0.05) is 13.3 Å². The lowest BCUT2D eigenvalue weighted by Gasteiger charge is -2.31. The molecule has 1 fully saturated rings. The molecule has 2 amide bonds. The number of primary amides is 1. The van der Waals surface area contributed by atoms with Crippen LogP contribution in [0.5, 0.6) is 5.75 Å². The summed E-state index contributed by atoms with van der Waals surface area (Å²) in [4.78, 5) is 27.3. The van der Waals surface area contributed by atoms with Crippen LogP contribution < -0.4 is 15.8 Å². The number of likely N-dealkylation sites (N-methyl/N-ethyl adjacent to an activating group) is 1. The second-order valence-electron chi connectivity index (χ2n) is 7.93. The predicted molar refractivity (Wildman–Crippen MR) is 123 cm³/mol. The molecule has 1 aromatic heterocycles. The third-order valence-corrected chi connectivity index (χ3v) is 7.49. The number of ether oxygens (including phenoxy) is 1. The summed E-state index contributed by atoms with van der Waals surface area (Å²) >= 11 is 0. The van der Waals surface area contributed by atoms with Gasteiger partial charge in [-0.2, -0.15) is 9.40 Å². The van der Waals surface area contributed by atoms with Crippen molar-refractivity contribution in [2.24, 2.45) is 12.8 Å². The van der Waals surface area contributed by atoms with Crippen LogP contribution in [-0.2, 0) is 23.5 Å². The zero-order valence-electron chi connectivity index (χ0n) is 19.3. The Morgan fingerprint density at radius 3 is 2.42 bits per heavy atom. The first-order valence-corrected chi connectivity index (χ1v) is 12.1. The van der Waals surface area contributed by atoms with E-state index in [1.807, 2.05) is 14.0 Å². The van der Waals surface area contributed by atoms with Gasteiger partial charge >= 0.3 is 0 Å². The summed E-state index contributed by atoms with van der Waals surface area (Å²) in [6, 6.07) is 4.16. The van der Waals surface area contributed by atoms with Crippen molar-refractivity contribution < 1.29 is 22.7 Å². The van der Waals surface area contributed by atoms with Gasteiger partial charge in [-0.05, 0) is 31.7 Å². The highest BCUT2D eigenvalue weighted by atomic mass is 32.2. The van der Waals surface area contributed by atoms with Gasteiger partial charge in [0, 0.05) is 33.2 Å². The molecule has 33 heavy (non-hydrogen) atoms. The molecule has 1 aromatic carbocycles. The minimum Gasteiger partial charge on any atom is -0.496 e. The summed E-state index contributed by atoms with van der Waals surface area (Å²) in [6.45, 7) is 3.93. The van der Waals surface area contributed by atoms with Gasteiger partial charge in [-0.3, -0.25) is 14.3 Å². The number of aryl methyl sites for hydroxylation is 2. The molecule has 0 aliphatic carbocycles. The number of benzene rings is 1. The number of nitrogens with one attached hydrogen (secondary N) is 1. The maximum atomic E-state index is 13.2. The number of rotatable bonds is 8. The molecule has 0 radical (unpaired) electrons. The molecule has 3 N–H and O–H groups in total. The van der Waals surface area contributed by atoms with E-state index in [2.05, 4.69) is 15.3 Å². The van der Waals surface area contributed by atoms with Gasteiger partial charge in [0.2, 0.25) is 10.0 Å². The van der Waals surface area contributed by atoms with Crippen molar-refractivity contribution in [3.63, 3.8) is 0 Å². The molecular weight excluding hydrogens is 448 g/mol. The number of nitrogens with two attached hydrogens (primary N) is 1. The van der Waals surface area contributed by atoms with Crippen LogP contribution in [0.15, 0.2) is 23.1 Å². The number of aromatic nitrogens is 2. The summed E-state index contributed by atoms with van der Waals surface area (Å²) in [5, 5.41) is 7.00. The van der Waals surface area contributed by atoms with Crippen LogP contribution >= 0.6 is 0 Å². The third kappa shape index (κ3) is 5.02. The number of methoxy groups -OCH3 is 1. The number of carbonyl (C=O) groups is 2. The number of carbonyl (C=O) groups excluding carboxylic acids is 2. The number of amides is 2. The molecule has 0 bridgehead atoms. The smallest absolute Gasteiger partial charge is 0.269 e. The first kappa shape index (κ1) is 24.7. The van der Waals surface area contributed by atoms with E-state index in [4.69, 9.17) is 10.5 Å². The summed E-state index contributed by atoms with van der Waals surface area (Å²) in [6.07, 6.45) is 1.26. The van der Waals surface area contributed by atoms with Crippen molar-refractivity contribution in [3.8, 4) is 5.75 Å². The highest BCUT2D eigenvalue weighted by Gasteiger charge is 2.30. The van der Waals surface area contributed by atoms with Gasteiger partial charge < -0.3 is 20.7 Å². The molecule has 1 aliphatic rings. The van der Waals surface area contributed by atoms with E-state index in [0.29, 0.717) is 38.3 Å². The van der Waals surface area contributed by atoms with Gasteiger partial charge in [0.1, 0.15) is 11.4 Å². The Hall–Kier alpha value is -2.96. The van der Waals surface area contributed by atoms with E-state index in [9.17, 15) is 18.0 Å². The summed E-state index contributed by atoms with van der Waals surface area (Å²) < 4.78 is 34.4. The molecule has 0 saturated carbocycles. The number of nitrogens with zero attached hydrogens (tertiary/aromatic N) is 4. The van der Waals surface area contributed by atoms with E-state index < -0.39 is 21.8 Å². The molecule has 0 spiro atoms. The van der Waals surface area contributed by atoms with Crippen LogP contribution in [0.3, 0.4) is 0 Å². The topological polar surface area (TPSA) is 140 Å². The van der Waals surface area contributed by atoms with Crippen molar-refractivity contribution in [1.29, 1.82) is 0 Å². The van der Waals surface area contributed by atoms with Crippen molar-refractivity contribution >= 4 is 27.5 Å². The van der Waals surface area contributed by atoms with E-state index in [-0.39, 0.29) is 27.6 Å². The molecule has 2 aromatic rings. The van der Waals surface area contributed by atoms with Crippen molar-refractivity contribution in [3.05, 3.63) is 35.2 Å². The fourth-order valence-electron chi connectivity index (χ4n) is 3.79. The Labute approximate surface area is 193 Å². The minimum atomic E-state index is -3.79. The molecule has 0 unspecified atom stereocenters. The number of hydrogen-bond acceptors (Lipinski definition) is 7. The van der Waals surface area contributed by atoms with Crippen LogP contribution in [0.25, 0.3) is 0 Å². The zero-order chi connectivity index (χ0) is 24.3. The molecule has 1 saturated heterocycles. The highest BCUT2D eigenvalue weighted by molar-refractivity contribution is 7.89. The van der Waals surface area contributed by atoms with Crippen LogP contribution in [0, 0.1) is 0 Å². The first-order chi connectivity index (χ1) is 15.6. The van der Waals surface area contributed by atoms with Crippen molar-refractivity contribution in [2.75, 3.05) is 45.7 Å². The lowest BCUT2D eigenvalue weighted by molar-refractivity contribution is 0.0992. The van der Waals surface area contributed by atoms with E-state index in [1.165, 1.54) is 34.3 Å². The van der Waals surface area contributed by atoms with Gasteiger partial charge in [-0.25, -0.2) is 8.42 Å². The zero-order valence-corrected chi connectivity index (χ0v) is 20.1. The quantitative estimate of drug-likeness (QED) is 0.568. The lowest BCUT2D eigenvalue weighted by Crippen LogP contribution is -2.47. The Balaban J connectivity index is 1.98. The first-order valence-electron chi connectivity index (χ1n) is 10.6. The number of hydrogen-bond donors (Lipinski definition) is 2. The minimum absolute atomic E-state index is 0.00639. The normalized spacial score (nSPS) is 15.4. The summed E-state index contributed by atoms with van der Waals surface area (Å²) in [5.74, 6) is -1.16.